The SMILES string of the molecule is NC1C/C=C\CCC(=O)Nc2ccccc2-c2cnc1[nH]2. The van der Waals surface area contributed by atoms with E-state index in [0.29, 0.717) is 19.3 Å². The predicted octanol–water partition coefficient (Wildman–Crippen LogP) is 2.76. The maximum absolute atomic E-state index is 12.0. The maximum atomic E-state index is 12.0. The van der Waals surface area contributed by atoms with E-state index in [1.165, 1.54) is 0 Å². The molecular weight excluding hydrogens is 264 g/mol. The van der Waals surface area contributed by atoms with Crippen LogP contribution < -0.4 is 11.1 Å². The first kappa shape index (κ1) is 13.6. The molecule has 1 aliphatic heterocycles. The fourth-order valence-corrected chi connectivity index (χ4v) is 2.39. The molecule has 1 aromatic heterocycles. The molecule has 2 aromatic rings. The van der Waals surface area contributed by atoms with E-state index in [0.717, 1.165) is 22.8 Å². The molecule has 1 amide bonds. The van der Waals surface area contributed by atoms with E-state index in [1.54, 1.807) is 6.20 Å². The number of amides is 1. The number of carbonyl (C=O) groups is 1. The summed E-state index contributed by atoms with van der Waals surface area (Å²) in [6.45, 7) is 0. The van der Waals surface area contributed by atoms with Crippen LogP contribution in [0, 0.1) is 0 Å². The first-order chi connectivity index (χ1) is 10.2. The zero-order valence-electron chi connectivity index (χ0n) is 11.7. The summed E-state index contributed by atoms with van der Waals surface area (Å²) in [5, 5.41) is 2.96. The predicted molar refractivity (Wildman–Crippen MR) is 82.6 cm³/mol. The second kappa shape index (κ2) is 5.93. The van der Waals surface area contributed by atoms with Crippen molar-refractivity contribution in [1.82, 2.24) is 9.97 Å². The number of hydrogen-bond acceptors (Lipinski definition) is 3. The molecule has 2 heterocycles. The number of imidazole rings is 1. The van der Waals surface area contributed by atoms with Gasteiger partial charge in [0.2, 0.25) is 5.91 Å². The minimum absolute atomic E-state index is 0.00961. The molecular formula is C16H18N4O. The molecule has 1 unspecified atom stereocenters. The molecule has 1 aliphatic rings. The number of rotatable bonds is 0. The van der Waals surface area contributed by atoms with Gasteiger partial charge in [0.05, 0.1) is 23.6 Å². The van der Waals surface area contributed by atoms with E-state index in [9.17, 15) is 4.79 Å². The summed E-state index contributed by atoms with van der Waals surface area (Å²) in [6.07, 6.45) is 7.64. The van der Waals surface area contributed by atoms with Crippen molar-refractivity contribution in [3.63, 3.8) is 0 Å². The monoisotopic (exact) mass is 282 g/mol. The molecule has 0 radical (unpaired) electrons. The fraction of sp³-hybridized carbons (Fsp3) is 0.250. The van der Waals surface area contributed by atoms with Gasteiger partial charge in [-0.2, -0.15) is 0 Å². The number of hydrogen-bond donors (Lipinski definition) is 3. The molecule has 4 N–H and O–H groups in total. The average molecular weight is 282 g/mol. The molecule has 0 fully saturated rings. The van der Waals surface area contributed by atoms with Gasteiger partial charge in [0, 0.05) is 12.0 Å². The maximum Gasteiger partial charge on any atom is 0.224 e. The summed E-state index contributed by atoms with van der Waals surface area (Å²) in [5.41, 5.74) is 8.69. The molecule has 0 aliphatic carbocycles. The van der Waals surface area contributed by atoms with E-state index >= 15 is 0 Å². The first-order valence-corrected chi connectivity index (χ1v) is 7.09. The van der Waals surface area contributed by atoms with Crippen molar-refractivity contribution in [2.24, 2.45) is 5.73 Å². The highest BCUT2D eigenvalue weighted by Crippen LogP contribution is 2.28. The van der Waals surface area contributed by atoms with Crippen LogP contribution in [-0.2, 0) is 4.79 Å². The van der Waals surface area contributed by atoms with Crippen molar-refractivity contribution < 1.29 is 4.79 Å². The van der Waals surface area contributed by atoms with Crippen LogP contribution in [0.2, 0.25) is 0 Å². The number of nitrogens with one attached hydrogen (secondary N) is 2. The summed E-state index contributed by atoms with van der Waals surface area (Å²) < 4.78 is 0. The molecule has 2 bridgehead atoms. The number of para-hydroxylation sites is 1. The highest BCUT2D eigenvalue weighted by molar-refractivity contribution is 5.95. The number of fused-ring (bicyclic) bond motifs is 4. The number of nitrogens with two attached hydrogens (primary N) is 1. The smallest absolute Gasteiger partial charge is 0.224 e. The van der Waals surface area contributed by atoms with E-state index < -0.39 is 0 Å². The Kier molecular flexibility index (Phi) is 3.83. The largest absolute Gasteiger partial charge is 0.341 e. The van der Waals surface area contributed by atoms with E-state index in [4.69, 9.17) is 5.73 Å². The summed E-state index contributed by atoms with van der Waals surface area (Å²) in [5.74, 6) is 0.769. The third-order valence-electron chi connectivity index (χ3n) is 3.53. The lowest BCUT2D eigenvalue weighted by Crippen LogP contribution is -2.11. The van der Waals surface area contributed by atoms with Crippen molar-refractivity contribution in [2.75, 3.05) is 5.32 Å². The van der Waals surface area contributed by atoms with Crippen molar-refractivity contribution in [1.29, 1.82) is 0 Å². The third-order valence-corrected chi connectivity index (χ3v) is 3.53. The van der Waals surface area contributed by atoms with E-state index in [2.05, 4.69) is 15.3 Å². The molecule has 5 nitrogen and oxygen atoms in total. The summed E-state index contributed by atoms with van der Waals surface area (Å²) in [7, 11) is 0. The van der Waals surface area contributed by atoms with Crippen LogP contribution in [0.25, 0.3) is 11.3 Å². The van der Waals surface area contributed by atoms with Crippen LogP contribution in [0.15, 0.2) is 42.6 Å². The van der Waals surface area contributed by atoms with Crippen molar-refractivity contribution in [3.8, 4) is 11.3 Å². The van der Waals surface area contributed by atoms with Crippen LogP contribution >= 0.6 is 0 Å². The lowest BCUT2D eigenvalue weighted by molar-refractivity contribution is -0.116. The Morgan fingerprint density at radius 1 is 1.24 bits per heavy atom. The van der Waals surface area contributed by atoms with Gasteiger partial charge in [-0.1, -0.05) is 30.4 Å². The number of H-pyrrole nitrogens is 1. The number of allylic oxidation sites excluding steroid dienone is 1. The molecule has 108 valence electrons. The standard InChI is InChI=1S/C16H18N4O/c17-12-7-2-1-3-9-15(21)19-13-8-5-4-6-11(13)14-10-18-16(12)20-14/h1-2,4-6,8,10,12H,3,7,9,17H2,(H,18,20)(H,19,21)/b2-1-. The third kappa shape index (κ3) is 3.03. The van der Waals surface area contributed by atoms with Crippen LogP contribution in [0.1, 0.15) is 31.1 Å². The Morgan fingerprint density at radius 2 is 2.10 bits per heavy atom. The molecule has 1 aromatic carbocycles. The highest BCUT2D eigenvalue weighted by atomic mass is 16.1. The highest BCUT2D eigenvalue weighted by Gasteiger charge is 2.13. The minimum Gasteiger partial charge on any atom is -0.341 e. The molecule has 3 rings (SSSR count). The van der Waals surface area contributed by atoms with Crippen LogP contribution in [-0.4, -0.2) is 15.9 Å². The van der Waals surface area contributed by atoms with Gasteiger partial charge in [0.25, 0.3) is 0 Å². The zero-order valence-corrected chi connectivity index (χ0v) is 11.7. The zero-order chi connectivity index (χ0) is 14.7. The molecule has 0 saturated carbocycles. The Bertz CT molecular complexity index is 674. The lowest BCUT2D eigenvalue weighted by Gasteiger charge is -2.09. The number of benzene rings is 1. The summed E-state index contributed by atoms with van der Waals surface area (Å²) in [4.78, 5) is 19.6. The van der Waals surface area contributed by atoms with Gasteiger partial charge >= 0.3 is 0 Å². The van der Waals surface area contributed by atoms with Crippen LogP contribution in [0.4, 0.5) is 5.69 Å². The van der Waals surface area contributed by atoms with Gasteiger partial charge < -0.3 is 16.0 Å². The number of aromatic nitrogens is 2. The second-order valence-corrected chi connectivity index (χ2v) is 5.13. The van der Waals surface area contributed by atoms with E-state index in [1.807, 2.05) is 36.4 Å². The van der Waals surface area contributed by atoms with Crippen molar-refractivity contribution in [3.05, 3.63) is 48.4 Å². The molecule has 0 saturated heterocycles. The first-order valence-electron chi connectivity index (χ1n) is 7.09. The molecule has 1 atom stereocenters. The van der Waals surface area contributed by atoms with Gasteiger partial charge in [0.1, 0.15) is 5.82 Å². The Labute approximate surface area is 123 Å². The number of nitrogens with zero attached hydrogens (tertiary/aromatic N) is 1. The number of aromatic amines is 1. The van der Waals surface area contributed by atoms with Gasteiger partial charge in [-0.25, -0.2) is 4.98 Å². The molecule has 5 heteroatoms. The van der Waals surface area contributed by atoms with Crippen molar-refractivity contribution in [2.45, 2.75) is 25.3 Å². The van der Waals surface area contributed by atoms with Gasteiger partial charge in [-0.05, 0) is 18.9 Å². The average Bonchev–Trinajstić information content (AvgIpc) is 2.96. The Morgan fingerprint density at radius 3 is 3.00 bits per heavy atom. The second-order valence-electron chi connectivity index (χ2n) is 5.13. The Balaban J connectivity index is 2.03. The number of carbonyl (C=O) groups excluding carboxylic acids is 1. The molecule has 21 heavy (non-hydrogen) atoms. The lowest BCUT2D eigenvalue weighted by atomic mass is 10.1. The van der Waals surface area contributed by atoms with Gasteiger partial charge in [-0.15, -0.1) is 0 Å². The van der Waals surface area contributed by atoms with Crippen molar-refractivity contribution >= 4 is 11.6 Å². The normalized spacial score (nSPS) is 20.4. The molecule has 0 spiro atoms. The van der Waals surface area contributed by atoms with Crippen LogP contribution in [0.3, 0.4) is 0 Å². The minimum atomic E-state index is -0.161. The van der Waals surface area contributed by atoms with Crippen LogP contribution in [0.5, 0.6) is 0 Å². The van der Waals surface area contributed by atoms with E-state index in [-0.39, 0.29) is 11.9 Å². The Hall–Kier alpha value is -2.40. The quantitative estimate of drug-likeness (QED) is 0.650. The van der Waals surface area contributed by atoms with Gasteiger partial charge in [-0.3, -0.25) is 4.79 Å². The number of anilines is 1. The topological polar surface area (TPSA) is 83.8 Å². The fourth-order valence-electron chi connectivity index (χ4n) is 2.39. The summed E-state index contributed by atoms with van der Waals surface area (Å²) in [6, 6.07) is 7.52. The summed E-state index contributed by atoms with van der Waals surface area (Å²) >= 11 is 0. The van der Waals surface area contributed by atoms with Gasteiger partial charge in [0.15, 0.2) is 0 Å².